The number of morpholine rings is 1. The van der Waals surface area contributed by atoms with Gasteiger partial charge in [0.1, 0.15) is 0 Å². The van der Waals surface area contributed by atoms with E-state index in [0.29, 0.717) is 0 Å². The molecule has 0 aromatic heterocycles. The number of rotatable bonds is 7. The SMILES string of the molecule is CCNC(=NCCCN1CCOCC1)N(C)Cc1cccc(Cl)c1.I. The molecule has 0 amide bonds. The summed E-state index contributed by atoms with van der Waals surface area (Å²) in [5, 5.41) is 4.14. The zero-order chi connectivity index (χ0) is 17.2. The molecule has 2 rings (SSSR count). The van der Waals surface area contributed by atoms with Crippen molar-refractivity contribution >= 4 is 41.5 Å². The van der Waals surface area contributed by atoms with Gasteiger partial charge < -0.3 is 15.0 Å². The monoisotopic (exact) mass is 480 g/mol. The predicted octanol–water partition coefficient (Wildman–Crippen LogP) is 3.08. The molecule has 142 valence electrons. The first-order chi connectivity index (χ1) is 11.7. The lowest BCUT2D eigenvalue weighted by molar-refractivity contribution is 0.0377. The third-order valence-electron chi connectivity index (χ3n) is 4.00. The van der Waals surface area contributed by atoms with Crippen LogP contribution in [0.3, 0.4) is 0 Å². The number of nitrogens with zero attached hydrogens (tertiary/aromatic N) is 3. The zero-order valence-corrected chi connectivity index (χ0v) is 18.3. The second-order valence-electron chi connectivity index (χ2n) is 6.03. The van der Waals surface area contributed by atoms with Crippen molar-refractivity contribution in [2.75, 3.05) is 53.0 Å². The van der Waals surface area contributed by atoms with Gasteiger partial charge in [0.15, 0.2) is 5.96 Å². The fourth-order valence-corrected chi connectivity index (χ4v) is 2.97. The Morgan fingerprint density at radius 1 is 1.36 bits per heavy atom. The predicted molar refractivity (Wildman–Crippen MR) is 116 cm³/mol. The van der Waals surface area contributed by atoms with Gasteiger partial charge in [-0.3, -0.25) is 9.89 Å². The molecule has 1 aromatic rings. The average molecular weight is 481 g/mol. The summed E-state index contributed by atoms with van der Waals surface area (Å²) in [7, 11) is 2.06. The summed E-state index contributed by atoms with van der Waals surface area (Å²) in [4.78, 5) is 9.35. The van der Waals surface area contributed by atoms with Crippen LogP contribution < -0.4 is 5.32 Å². The number of hydrogen-bond donors (Lipinski definition) is 1. The molecule has 5 nitrogen and oxygen atoms in total. The molecule has 25 heavy (non-hydrogen) atoms. The van der Waals surface area contributed by atoms with E-state index < -0.39 is 0 Å². The number of halogens is 2. The third-order valence-corrected chi connectivity index (χ3v) is 4.24. The van der Waals surface area contributed by atoms with Gasteiger partial charge in [-0.15, -0.1) is 24.0 Å². The summed E-state index contributed by atoms with van der Waals surface area (Å²) in [6.07, 6.45) is 1.07. The van der Waals surface area contributed by atoms with Crippen LogP contribution in [0.1, 0.15) is 18.9 Å². The van der Waals surface area contributed by atoms with Gasteiger partial charge in [-0.25, -0.2) is 0 Å². The van der Waals surface area contributed by atoms with E-state index in [1.54, 1.807) is 0 Å². The van der Waals surface area contributed by atoms with E-state index in [4.69, 9.17) is 21.3 Å². The Morgan fingerprint density at radius 2 is 2.12 bits per heavy atom. The van der Waals surface area contributed by atoms with Crippen LogP contribution >= 0.6 is 35.6 Å². The molecule has 1 aromatic carbocycles. The van der Waals surface area contributed by atoms with Gasteiger partial charge in [-0.05, 0) is 31.0 Å². The first-order valence-corrected chi connectivity index (χ1v) is 9.11. The molecular formula is C18H30ClIN4O. The Balaban J connectivity index is 0.00000312. The molecule has 0 bridgehead atoms. The minimum atomic E-state index is 0. The summed E-state index contributed by atoms with van der Waals surface area (Å²) < 4.78 is 5.38. The molecule has 1 saturated heterocycles. The number of ether oxygens (including phenoxy) is 1. The van der Waals surface area contributed by atoms with E-state index >= 15 is 0 Å². The molecule has 1 fully saturated rings. The topological polar surface area (TPSA) is 40.1 Å². The molecule has 0 saturated carbocycles. The van der Waals surface area contributed by atoms with Crippen molar-refractivity contribution < 1.29 is 4.74 Å². The van der Waals surface area contributed by atoms with E-state index in [1.165, 1.54) is 5.56 Å². The average Bonchev–Trinajstić information content (AvgIpc) is 2.58. The lowest BCUT2D eigenvalue weighted by atomic mass is 10.2. The summed E-state index contributed by atoms with van der Waals surface area (Å²) in [6.45, 7) is 9.46. The summed E-state index contributed by atoms with van der Waals surface area (Å²) in [5.41, 5.74) is 1.18. The van der Waals surface area contributed by atoms with Crippen molar-refractivity contribution in [3.05, 3.63) is 34.9 Å². The molecule has 0 radical (unpaired) electrons. The maximum absolute atomic E-state index is 6.07. The van der Waals surface area contributed by atoms with Crippen molar-refractivity contribution in [2.45, 2.75) is 19.9 Å². The Kier molecular flexibility index (Phi) is 11.4. The largest absolute Gasteiger partial charge is 0.379 e. The highest BCUT2D eigenvalue weighted by Gasteiger charge is 2.10. The number of aliphatic imine (C=N–C) groups is 1. The second-order valence-corrected chi connectivity index (χ2v) is 6.47. The van der Waals surface area contributed by atoms with Crippen LogP contribution in [0.15, 0.2) is 29.3 Å². The van der Waals surface area contributed by atoms with Gasteiger partial charge in [0.05, 0.1) is 13.2 Å². The molecule has 0 spiro atoms. The highest BCUT2D eigenvalue weighted by Crippen LogP contribution is 2.12. The van der Waals surface area contributed by atoms with Crippen LogP contribution in [-0.2, 0) is 11.3 Å². The van der Waals surface area contributed by atoms with E-state index in [-0.39, 0.29) is 24.0 Å². The molecule has 1 aliphatic heterocycles. The summed E-state index contributed by atoms with van der Waals surface area (Å²) in [5.74, 6) is 0.944. The number of benzene rings is 1. The molecule has 1 heterocycles. The number of hydrogen-bond acceptors (Lipinski definition) is 3. The maximum Gasteiger partial charge on any atom is 0.193 e. The Bertz CT molecular complexity index is 524. The quantitative estimate of drug-likeness (QED) is 0.282. The fraction of sp³-hybridized carbons (Fsp3) is 0.611. The third kappa shape index (κ3) is 8.57. The van der Waals surface area contributed by atoms with Gasteiger partial charge in [0.25, 0.3) is 0 Å². The maximum atomic E-state index is 6.07. The number of nitrogens with one attached hydrogen (secondary N) is 1. The Labute approximate surface area is 173 Å². The fourth-order valence-electron chi connectivity index (χ4n) is 2.76. The van der Waals surface area contributed by atoms with E-state index in [0.717, 1.165) is 69.9 Å². The standard InChI is InChI=1S/C18H29ClN4O.HI/c1-3-20-18(21-8-5-9-23-10-12-24-13-11-23)22(2)15-16-6-4-7-17(19)14-16;/h4,6-7,14H,3,5,8-13,15H2,1-2H3,(H,20,21);1H. The molecule has 1 N–H and O–H groups in total. The van der Waals surface area contributed by atoms with Crippen molar-refractivity contribution in [2.24, 2.45) is 4.99 Å². The van der Waals surface area contributed by atoms with Crippen LogP contribution in [0.5, 0.6) is 0 Å². The second kappa shape index (κ2) is 12.7. The van der Waals surface area contributed by atoms with E-state index in [2.05, 4.69) is 35.2 Å². The molecular weight excluding hydrogens is 451 g/mol. The minimum Gasteiger partial charge on any atom is -0.379 e. The summed E-state index contributed by atoms with van der Waals surface area (Å²) >= 11 is 6.07. The van der Waals surface area contributed by atoms with Crippen molar-refractivity contribution in [1.29, 1.82) is 0 Å². The van der Waals surface area contributed by atoms with Gasteiger partial charge in [0, 0.05) is 51.3 Å². The molecule has 0 aliphatic carbocycles. The lowest BCUT2D eigenvalue weighted by Crippen LogP contribution is -2.39. The van der Waals surface area contributed by atoms with Crippen LogP contribution in [-0.4, -0.2) is 68.7 Å². The Hall–Kier alpha value is -0.570. The van der Waals surface area contributed by atoms with Crippen LogP contribution in [0.4, 0.5) is 0 Å². The van der Waals surface area contributed by atoms with Crippen LogP contribution in [0.25, 0.3) is 0 Å². The highest BCUT2D eigenvalue weighted by molar-refractivity contribution is 14.0. The van der Waals surface area contributed by atoms with Crippen molar-refractivity contribution in [3.63, 3.8) is 0 Å². The van der Waals surface area contributed by atoms with Gasteiger partial charge >= 0.3 is 0 Å². The van der Waals surface area contributed by atoms with Crippen LogP contribution in [0, 0.1) is 0 Å². The molecule has 1 aliphatic rings. The summed E-state index contributed by atoms with van der Waals surface area (Å²) in [6, 6.07) is 7.97. The first kappa shape index (κ1) is 22.5. The van der Waals surface area contributed by atoms with Gasteiger partial charge in [-0.2, -0.15) is 0 Å². The van der Waals surface area contributed by atoms with Crippen molar-refractivity contribution in [1.82, 2.24) is 15.1 Å². The number of guanidine groups is 1. The smallest absolute Gasteiger partial charge is 0.193 e. The normalized spacial score (nSPS) is 15.6. The van der Waals surface area contributed by atoms with Crippen LogP contribution in [0.2, 0.25) is 5.02 Å². The van der Waals surface area contributed by atoms with E-state index in [1.807, 2.05) is 18.2 Å². The minimum absolute atomic E-state index is 0. The zero-order valence-electron chi connectivity index (χ0n) is 15.2. The molecule has 0 unspecified atom stereocenters. The van der Waals surface area contributed by atoms with Gasteiger partial charge in [-0.1, -0.05) is 23.7 Å². The molecule has 7 heteroatoms. The molecule has 0 atom stereocenters. The lowest BCUT2D eigenvalue weighted by Gasteiger charge is -2.26. The first-order valence-electron chi connectivity index (χ1n) is 8.73. The Morgan fingerprint density at radius 3 is 2.80 bits per heavy atom. The van der Waals surface area contributed by atoms with Crippen molar-refractivity contribution in [3.8, 4) is 0 Å². The highest BCUT2D eigenvalue weighted by atomic mass is 127. The van der Waals surface area contributed by atoms with Gasteiger partial charge in [0.2, 0.25) is 0 Å². The van der Waals surface area contributed by atoms with E-state index in [9.17, 15) is 0 Å².